The lowest BCUT2D eigenvalue weighted by Crippen LogP contribution is -2.42. The fraction of sp³-hybridized carbons (Fsp3) is 0.941. The van der Waals surface area contributed by atoms with E-state index in [9.17, 15) is 4.79 Å². The SMILES string of the molecule is CCCCCCCCCCCN[C@H](C(=O)O)[C@@H](C)CC. The fourth-order valence-electron chi connectivity index (χ4n) is 2.46. The van der Waals surface area contributed by atoms with Crippen molar-refractivity contribution in [1.82, 2.24) is 5.32 Å². The highest BCUT2D eigenvalue weighted by molar-refractivity contribution is 5.73. The van der Waals surface area contributed by atoms with E-state index in [-0.39, 0.29) is 12.0 Å². The van der Waals surface area contributed by atoms with Crippen LogP contribution in [0.15, 0.2) is 0 Å². The number of nitrogens with one attached hydrogen (secondary N) is 1. The van der Waals surface area contributed by atoms with Crippen LogP contribution in [-0.4, -0.2) is 23.7 Å². The highest BCUT2D eigenvalue weighted by atomic mass is 16.4. The average molecular weight is 285 g/mol. The van der Waals surface area contributed by atoms with E-state index in [0.717, 1.165) is 19.4 Å². The maximum Gasteiger partial charge on any atom is 0.320 e. The zero-order chi connectivity index (χ0) is 15.2. The Hall–Kier alpha value is -0.570. The van der Waals surface area contributed by atoms with Crippen LogP contribution in [0.4, 0.5) is 0 Å². The minimum Gasteiger partial charge on any atom is -0.480 e. The van der Waals surface area contributed by atoms with Crippen molar-refractivity contribution in [2.45, 2.75) is 91.0 Å². The third-order valence-electron chi connectivity index (χ3n) is 4.12. The van der Waals surface area contributed by atoms with E-state index in [2.05, 4.69) is 12.2 Å². The number of carboxylic acid groups (broad SMARTS) is 1. The third kappa shape index (κ3) is 10.2. The van der Waals surface area contributed by atoms with Crippen LogP contribution in [0.25, 0.3) is 0 Å². The monoisotopic (exact) mass is 285 g/mol. The van der Waals surface area contributed by atoms with E-state index in [1.54, 1.807) is 0 Å². The van der Waals surface area contributed by atoms with Crippen molar-refractivity contribution >= 4 is 5.97 Å². The molecule has 0 rings (SSSR count). The van der Waals surface area contributed by atoms with Crippen LogP contribution < -0.4 is 5.32 Å². The van der Waals surface area contributed by atoms with Gasteiger partial charge in [0.25, 0.3) is 0 Å². The molecule has 20 heavy (non-hydrogen) atoms. The topological polar surface area (TPSA) is 49.3 Å². The number of rotatable bonds is 14. The largest absolute Gasteiger partial charge is 0.480 e. The second-order valence-electron chi connectivity index (χ2n) is 5.98. The first kappa shape index (κ1) is 19.4. The van der Waals surface area contributed by atoms with Crippen LogP contribution in [-0.2, 0) is 4.79 Å². The van der Waals surface area contributed by atoms with Gasteiger partial charge in [-0.05, 0) is 18.9 Å². The number of hydrogen-bond donors (Lipinski definition) is 2. The number of carbonyl (C=O) groups is 1. The molecule has 2 N–H and O–H groups in total. The average Bonchev–Trinajstić information content (AvgIpc) is 2.43. The summed E-state index contributed by atoms with van der Waals surface area (Å²) in [6.45, 7) is 7.12. The first-order valence-electron chi connectivity index (χ1n) is 8.59. The van der Waals surface area contributed by atoms with Gasteiger partial charge >= 0.3 is 5.97 Å². The van der Waals surface area contributed by atoms with Crippen molar-refractivity contribution < 1.29 is 9.90 Å². The normalized spacial score (nSPS) is 14.2. The maximum atomic E-state index is 11.1. The quantitative estimate of drug-likeness (QED) is 0.458. The van der Waals surface area contributed by atoms with E-state index in [4.69, 9.17) is 5.11 Å². The van der Waals surface area contributed by atoms with E-state index in [1.165, 1.54) is 51.4 Å². The van der Waals surface area contributed by atoms with E-state index < -0.39 is 5.97 Å². The van der Waals surface area contributed by atoms with Crippen LogP contribution in [0.1, 0.15) is 85.0 Å². The summed E-state index contributed by atoms with van der Waals surface area (Å²) >= 11 is 0. The minimum atomic E-state index is -0.713. The lowest BCUT2D eigenvalue weighted by Gasteiger charge is -2.20. The summed E-state index contributed by atoms with van der Waals surface area (Å²) < 4.78 is 0. The van der Waals surface area contributed by atoms with Crippen molar-refractivity contribution in [3.8, 4) is 0 Å². The molecule has 0 spiro atoms. The van der Waals surface area contributed by atoms with Crippen LogP contribution in [0.3, 0.4) is 0 Å². The molecule has 3 nitrogen and oxygen atoms in total. The van der Waals surface area contributed by atoms with E-state index in [1.807, 2.05) is 13.8 Å². The van der Waals surface area contributed by atoms with Gasteiger partial charge in [0.05, 0.1) is 0 Å². The van der Waals surface area contributed by atoms with Gasteiger partial charge in [0.1, 0.15) is 6.04 Å². The molecular weight excluding hydrogens is 250 g/mol. The van der Waals surface area contributed by atoms with Gasteiger partial charge in [-0.25, -0.2) is 0 Å². The summed E-state index contributed by atoms with van der Waals surface area (Å²) in [5.74, 6) is -0.513. The number of hydrogen-bond acceptors (Lipinski definition) is 2. The Morgan fingerprint density at radius 1 is 0.950 bits per heavy atom. The molecule has 2 atom stereocenters. The van der Waals surface area contributed by atoms with Crippen molar-refractivity contribution in [3.05, 3.63) is 0 Å². The fourth-order valence-corrected chi connectivity index (χ4v) is 2.46. The second-order valence-corrected chi connectivity index (χ2v) is 5.98. The van der Waals surface area contributed by atoms with Gasteiger partial charge in [-0.15, -0.1) is 0 Å². The Morgan fingerprint density at radius 3 is 1.90 bits per heavy atom. The number of carboxylic acids is 1. The molecule has 0 saturated heterocycles. The van der Waals surface area contributed by atoms with Gasteiger partial charge in [0.2, 0.25) is 0 Å². The molecule has 3 heteroatoms. The Kier molecular flexibility index (Phi) is 13.0. The van der Waals surface area contributed by atoms with Crippen LogP contribution in [0.5, 0.6) is 0 Å². The zero-order valence-corrected chi connectivity index (χ0v) is 13.8. The molecule has 0 heterocycles. The number of unbranched alkanes of at least 4 members (excludes halogenated alkanes) is 8. The summed E-state index contributed by atoms with van der Waals surface area (Å²) in [4.78, 5) is 11.1. The standard InChI is InChI=1S/C17H35NO2/c1-4-6-7-8-9-10-11-12-13-14-18-16(17(19)20)15(3)5-2/h15-16,18H,4-14H2,1-3H3,(H,19,20)/t15-,16-/m0/s1. The summed E-state index contributed by atoms with van der Waals surface area (Å²) in [6.07, 6.45) is 12.6. The van der Waals surface area contributed by atoms with Gasteiger partial charge < -0.3 is 10.4 Å². The highest BCUT2D eigenvalue weighted by Crippen LogP contribution is 2.10. The van der Waals surface area contributed by atoms with Gasteiger partial charge in [0, 0.05) is 0 Å². The minimum absolute atomic E-state index is 0.200. The molecule has 0 saturated carbocycles. The van der Waals surface area contributed by atoms with E-state index in [0.29, 0.717) is 0 Å². The van der Waals surface area contributed by atoms with Crippen LogP contribution >= 0.6 is 0 Å². The maximum absolute atomic E-state index is 11.1. The lowest BCUT2D eigenvalue weighted by molar-refractivity contribution is -0.140. The van der Waals surface area contributed by atoms with Gasteiger partial charge in [0.15, 0.2) is 0 Å². The molecular formula is C17H35NO2. The first-order valence-corrected chi connectivity index (χ1v) is 8.59. The van der Waals surface area contributed by atoms with Crippen LogP contribution in [0, 0.1) is 5.92 Å². The van der Waals surface area contributed by atoms with Crippen molar-refractivity contribution in [2.24, 2.45) is 5.92 Å². The van der Waals surface area contributed by atoms with Crippen molar-refractivity contribution in [3.63, 3.8) is 0 Å². The Morgan fingerprint density at radius 2 is 1.45 bits per heavy atom. The van der Waals surface area contributed by atoms with Crippen molar-refractivity contribution in [1.29, 1.82) is 0 Å². The predicted octanol–water partition coefficient (Wildman–Crippen LogP) is 4.61. The molecule has 0 aliphatic carbocycles. The summed E-state index contributed by atoms with van der Waals surface area (Å²) in [5.41, 5.74) is 0. The number of aliphatic carboxylic acids is 1. The molecule has 120 valence electrons. The molecule has 0 unspecified atom stereocenters. The molecule has 0 radical (unpaired) electrons. The Labute approximate surface area is 125 Å². The van der Waals surface area contributed by atoms with Gasteiger partial charge in [-0.2, -0.15) is 0 Å². The molecule has 0 aliphatic rings. The Balaban J connectivity index is 3.44. The molecule has 0 fully saturated rings. The van der Waals surface area contributed by atoms with E-state index >= 15 is 0 Å². The predicted molar refractivity (Wildman–Crippen MR) is 86.1 cm³/mol. The van der Waals surface area contributed by atoms with Crippen molar-refractivity contribution in [2.75, 3.05) is 6.54 Å². The zero-order valence-electron chi connectivity index (χ0n) is 13.8. The molecule has 0 aromatic carbocycles. The smallest absolute Gasteiger partial charge is 0.320 e. The summed E-state index contributed by atoms with van der Waals surface area (Å²) in [6, 6.07) is -0.381. The van der Waals surface area contributed by atoms with Crippen LogP contribution in [0.2, 0.25) is 0 Å². The lowest BCUT2D eigenvalue weighted by atomic mass is 9.99. The molecule has 0 aromatic rings. The first-order chi connectivity index (χ1) is 9.63. The summed E-state index contributed by atoms with van der Waals surface area (Å²) in [5, 5.41) is 12.3. The highest BCUT2D eigenvalue weighted by Gasteiger charge is 2.21. The molecule has 0 amide bonds. The second kappa shape index (κ2) is 13.4. The molecule has 0 bridgehead atoms. The third-order valence-corrected chi connectivity index (χ3v) is 4.12. The molecule has 0 aliphatic heterocycles. The summed E-state index contributed by atoms with van der Waals surface area (Å²) in [7, 11) is 0. The Bertz CT molecular complexity index is 231. The van der Waals surface area contributed by atoms with Gasteiger partial charge in [-0.3, -0.25) is 4.79 Å². The van der Waals surface area contributed by atoms with Gasteiger partial charge in [-0.1, -0.05) is 78.6 Å². The molecule has 0 aromatic heterocycles.